The van der Waals surface area contributed by atoms with E-state index in [1.54, 1.807) is 6.07 Å². The largest absolute Gasteiger partial charge is 0.398 e. The molecule has 1 aliphatic rings. The summed E-state index contributed by atoms with van der Waals surface area (Å²) in [5.41, 5.74) is 11.2. The molecule has 1 aromatic rings. The number of amides is 1. The van der Waals surface area contributed by atoms with Gasteiger partial charge in [0.1, 0.15) is 10.9 Å². The van der Waals surface area contributed by atoms with Gasteiger partial charge in [-0.15, -0.1) is 0 Å². The Kier molecular flexibility index (Phi) is 4.36. The maximum Gasteiger partial charge on any atom is 0.245 e. The van der Waals surface area contributed by atoms with Gasteiger partial charge in [-0.2, -0.15) is 4.31 Å². The van der Waals surface area contributed by atoms with E-state index in [1.807, 2.05) is 0 Å². The Morgan fingerprint density at radius 2 is 2.05 bits per heavy atom. The van der Waals surface area contributed by atoms with Crippen molar-refractivity contribution in [1.82, 2.24) is 4.31 Å². The highest BCUT2D eigenvalue weighted by Crippen LogP contribution is 2.30. The van der Waals surface area contributed by atoms with Gasteiger partial charge in [-0.25, -0.2) is 8.42 Å². The second-order valence-corrected chi connectivity index (χ2v) is 7.49. The Morgan fingerprint density at radius 1 is 1.35 bits per heavy atom. The molecule has 0 aliphatic carbocycles. The van der Waals surface area contributed by atoms with E-state index in [-0.39, 0.29) is 17.1 Å². The van der Waals surface area contributed by atoms with Gasteiger partial charge in [0.15, 0.2) is 0 Å². The van der Waals surface area contributed by atoms with Crippen molar-refractivity contribution in [1.29, 1.82) is 0 Å². The molecule has 1 heterocycles. The Morgan fingerprint density at radius 3 is 2.70 bits per heavy atom. The zero-order valence-corrected chi connectivity index (χ0v) is 13.2. The molecule has 1 saturated heterocycles. The zero-order chi connectivity index (χ0) is 14.9. The summed E-state index contributed by atoms with van der Waals surface area (Å²) >= 11 is 3.23. The first kappa shape index (κ1) is 15.3. The predicted molar refractivity (Wildman–Crippen MR) is 79.3 cm³/mol. The van der Waals surface area contributed by atoms with Crippen molar-refractivity contribution in [2.24, 2.45) is 5.73 Å². The molecule has 0 aromatic heterocycles. The van der Waals surface area contributed by atoms with Crippen molar-refractivity contribution in [2.45, 2.75) is 30.2 Å². The Hall–Kier alpha value is -1.12. The van der Waals surface area contributed by atoms with Crippen molar-refractivity contribution in [2.75, 3.05) is 12.3 Å². The smallest absolute Gasteiger partial charge is 0.245 e. The van der Waals surface area contributed by atoms with Crippen molar-refractivity contribution < 1.29 is 13.2 Å². The van der Waals surface area contributed by atoms with Crippen LogP contribution in [0.2, 0.25) is 0 Å². The molecule has 110 valence electrons. The lowest BCUT2D eigenvalue weighted by molar-refractivity contribution is -0.122. The standard InChI is InChI=1S/C12H16BrN3O3S/c13-8-4-5-9(14)11(7-8)20(18,19)16-6-2-1-3-10(16)12(15)17/h4-5,7,10H,1-3,6,14H2,(H2,15,17). The summed E-state index contributed by atoms with van der Waals surface area (Å²) < 4.78 is 27.2. The van der Waals surface area contributed by atoms with Gasteiger partial charge in [0.25, 0.3) is 0 Å². The van der Waals surface area contributed by atoms with Crippen LogP contribution in [-0.4, -0.2) is 31.2 Å². The van der Waals surface area contributed by atoms with Crippen molar-refractivity contribution >= 4 is 37.5 Å². The second kappa shape index (κ2) is 5.71. The van der Waals surface area contributed by atoms with Crippen LogP contribution in [0.4, 0.5) is 5.69 Å². The fraction of sp³-hybridized carbons (Fsp3) is 0.417. The quantitative estimate of drug-likeness (QED) is 0.784. The molecule has 6 nitrogen and oxygen atoms in total. The van der Waals surface area contributed by atoms with E-state index < -0.39 is 22.0 Å². The van der Waals surface area contributed by atoms with Gasteiger partial charge in [-0.05, 0) is 31.0 Å². The number of carbonyl (C=O) groups is 1. The van der Waals surface area contributed by atoms with Gasteiger partial charge >= 0.3 is 0 Å². The molecule has 2 rings (SSSR count). The van der Waals surface area contributed by atoms with E-state index >= 15 is 0 Å². The number of rotatable bonds is 3. The molecule has 0 saturated carbocycles. The number of primary amides is 1. The third kappa shape index (κ3) is 2.82. The molecular formula is C12H16BrN3O3S. The molecule has 1 aliphatic heterocycles. The minimum Gasteiger partial charge on any atom is -0.398 e. The number of nitrogen functional groups attached to an aromatic ring is 1. The van der Waals surface area contributed by atoms with Crippen LogP contribution in [0, 0.1) is 0 Å². The second-order valence-electron chi connectivity index (χ2n) is 4.71. The fourth-order valence-electron chi connectivity index (χ4n) is 2.33. The molecule has 1 fully saturated rings. The molecule has 1 amide bonds. The van der Waals surface area contributed by atoms with Crippen LogP contribution in [0.5, 0.6) is 0 Å². The summed E-state index contributed by atoms with van der Waals surface area (Å²) in [7, 11) is -3.83. The summed E-state index contributed by atoms with van der Waals surface area (Å²) in [5, 5.41) is 0. The van der Waals surface area contributed by atoms with Gasteiger partial charge in [0.05, 0.1) is 5.69 Å². The van der Waals surface area contributed by atoms with E-state index in [9.17, 15) is 13.2 Å². The van der Waals surface area contributed by atoms with E-state index in [2.05, 4.69) is 15.9 Å². The van der Waals surface area contributed by atoms with Gasteiger partial charge in [0, 0.05) is 11.0 Å². The van der Waals surface area contributed by atoms with Crippen molar-refractivity contribution in [3.8, 4) is 0 Å². The number of benzene rings is 1. The van der Waals surface area contributed by atoms with Crippen molar-refractivity contribution in [3.63, 3.8) is 0 Å². The van der Waals surface area contributed by atoms with Crippen molar-refractivity contribution in [3.05, 3.63) is 22.7 Å². The first-order chi connectivity index (χ1) is 9.34. The first-order valence-corrected chi connectivity index (χ1v) is 8.43. The normalized spacial score (nSPS) is 20.8. The lowest BCUT2D eigenvalue weighted by atomic mass is 10.0. The zero-order valence-electron chi connectivity index (χ0n) is 10.8. The molecule has 4 N–H and O–H groups in total. The van der Waals surface area contributed by atoms with Crippen LogP contribution in [-0.2, 0) is 14.8 Å². The van der Waals surface area contributed by atoms with Crippen LogP contribution in [0.25, 0.3) is 0 Å². The molecule has 1 aromatic carbocycles. The highest BCUT2D eigenvalue weighted by molar-refractivity contribution is 9.10. The summed E-state index contributed by atoms with van der Waals surface area (Å²) in [6.07, 6.45) is 1.94. The minimum absolute atomic E-state index is 0.0000231. The van der Waals surface area contributed by atoms with Crippen LogP contribution in [0.15, 0.2) is 27.6 Å². The maximum atomic E-state index is 12.7. The van der Waals surface area contributed by atoms with Crippen LogP contribution < -0.4 is 11.5 Å². The first-order valence-electron chi connectivity index (χ1n) is 6.20. The number of sulfonamides is 1. The van der Waals surface area contributed by atoms with E-state index in [1.165, 1.54) is 12.1 Å². The summed E-state index contributed by atoms with van der Waals surface area (Å²) in [6.45, 7) is 0.280. The molecule has 0 spiro atoms. The molecule has 0 radical (unpaired) electrons. The monoisotopic (exact) mass is 361 g/mol. The highest BCUT2D eigenvalue weighted by Gasteiger charge is 2.37. The number of nitrogens with zero attached hydrogens (tertiary/aromatic N) is 1. The molecule has 0 bridgehead atoms. The van der Waals surface area contributed by atoms with Gasteiger partial charge in [-0.1, -0.05) is 22.4 Å². The van der Waals surface area contributed by atoms with Gasteiger partial charge < -0.3 is 11.5 Å². The number of anilines is 1. The Bertz CT molecular complexity index is 633. The highest BCUT2D eigenvalue weighted by atomic mass is 79.9. The molecule has 8 heteroatoms. The number of hydrogen-bond donors (Lipinski definition) is 2. The third-order valence-corrected chi connectivity index (χ3v) is 5.80. The number of halogens is 1. The topological polar surface area (TPSA) is 106 Å². The van der Waals surface area contributed by atoms with E-state index in [0.717, 1.165) is 10.7 Å². The SMILES string of the molecule is NC(=O)C1CCCCN1S(=O)(=O)c1cc(Br)ccc1N. The number of piperidine rings is 1. The van der Waals surface area contributed by atoms with Gasteiger partial charge in [-0.3, -0.25) is 4.79 Å². The Labute approximate surface area is 126 Å². The lowest BCUT2D eigenvalue weighted by Gasteiger charge is -2.32. The van der Waals surface area contributed by atoms with Crippen LogP contribution in [0.3, 0.4) is 0 Å². The average molecular weight is 362 g/mol. The van der Waals surface area contributed by atoms with E-state index in [0.29, 0.717) is 17.3 Å². The summed E-state index contributed by atoms with van der Waals surface area (Å²) in [5.74, 6) is -0.623. The van der Waals surface area contributed by atoms with E-state index in [4.69, 9.17) is 11.5 Å². The molecule has 1 atom stereocenters. The molecule has 20 heavy (non-hydrogen) atoms. The summed E-state index contributed by atoms with van der Waals surface area (Å²) in [4.78, 5) is 11.5. The summed E-state index contributed by atoms with van der Waals surface area (Å²) in [6, 6.07) is 3.82. The molecular weight excluding hydrogens is 346 g/mol. The predicted octanol–water partition coefficient (Wildman–Crippen LogP) is 1.06. The van der Waals surface area contributed by atoms with Gasteiger partial charge in [0.2, 0.25) is 15.9 Å². The fourth-order valence-corrected chi connectivity index (χ4v) is 4.66. The number of hydrogen-bond acceptors (Lipinski definition) is 4. The minimum atomic E-state index is -3.83. The van der Waals surface area contributed by atoms with Crippen LogP contribution >= 0.6 is 15.9 Å². The maximum absolute atomic E-state index is 12.7. The third-order valence-electron chi connectivity index (χ3n) is 3.34. The number of nitrogens with two attached hydrogens (primary N) is 2. The average Bonchev–Trinajstić information content (AvgIpc) is 2.41. The lowest BCUT2D eigenvalue weighted by Crippen LogP contribution is -2.50. The van der Waals surface area contributed by atoms with Crippen LogP contribution in [0.1, 0.15) is 19.3 Å². The number of carbonyl (C=O) groups excluding carboxylic acids is 1. The Balaban J connectivity index is 2.47. The molecule has 1 unspecified atom stereocenters.